The number of para-hydroxylation sites is 1. The standard InChI is InChI=1S/C41H52N6O7/c1-5-7-21-33(49)44(4)28(3)36(29-17-11-10-12-18-29)53-40(52)34-32-22-23-41(54-32)35(34)38(50)46(25-15-8-9-16-26-48)37(41)39(51)45(24-6-2)27-47-31-20-14-13-19-30(31)42-43-47/h5-6,10-14,17-20,28,32,34-37,48H,1-2,7-9,15-16,21-27H2,3-4H3/t28-,32+,34-,35-,36+,37+,41-/m0/s1. The van der Waals surface area contributed by atoms with Crippen LogP contribution in [-0.4, -0.2) is 109 Å². The highest BCUT2D eigenvalue weighted by Crippen LogP contribution is 2.59. The lowest BCUT2D eigenvalue weighted by Crippen LogP contribution is -2.56. The van der Waals surface area contributed by atoms with Crippen molar-refractivity contribution in [3.8, 4) is 0 Å². The molecule has 0 saturated carbocycles. The minimum atomic E-state index is -1.23. The summed E-state index contributed by atoms with van der Waals surface area (Å²) < 4.78 is 14.7. The Kier molecular flexibility index (Phi) is 12.3. The second kappa shape index (κ2) is 17.1. The van der Waals surface area contributed by atoms with Crippen LogP contribution in [-0.2, 0) is 35.3 Å². The Labute approximate surface area is 316 Å². The lowest BCUT2D eigenvalue weighted by atomic mass is 9.70. The van der Waals surface area contributed by atoms with Crippen molar-refractivity contribution >= 4 is 34.7 Å². The van der Waals surface area contributed by atoms with E-state index >= 15 is 0 Å². The van der Waals surface area contributed by atoms with Crippen LogP contribution in [0.15, 0.2) is 79.9 Å². The Balaban J connectivity index is 1.31. The summed E-state index contributed by atoms with van der Waals surface area (Å²) in [6.07, 6.45) is 6.43. The van der Waals surface area contributed by atoms with Crippen LogP contribution in [0.4, 0.5) is 0 Å². The van der Waals surface area contributed by atoms with Crippen molar-refractivity contribution in [2.45, 2.75) is 94.9 Å². The van der Waals surface area contributed by atoms with Crippen LogP contribution >= 0.6 is 0 Å². The van der Waals surface area contributed by atoms with Crippen molar-refractivity contribution < 1.29 is 33.8 Å². The van der Waals surface area contributed by atoms with Crippen molar-refractivity contribution in [2.75, 3.05) is 26.7 Å². The van der Waals surface area contributed by atoms with Gasteiger partial charge in [0.1, 0.15) is 29.9 Å². The van der Waals surface area contributed by atoms with Gasteiger partial charge in [-0.3, -0.25) is 19.2 Å². The molecule has 6 rings (SSSR count). The number of allylic oxidation sites excluding steroid dienone is 1. The molecule has 1 N–H and O–H groups in total. The van der Waals surface area contributed by atoms with E-state index in [-0.39, 0.29) is 44.0 Å². The monoisotopic (exact) mass is 740 g/mol. The maximum atomic E-state index is 14.9. The maximum absolute atomic E-state index is 14.9. The summed E-state index contributed by atoms with van der Waals surface area (Å²) in [6, 6.07) is 15.3. The van der Waals surface area contributed by atoms with Crippen LogP contribution in [0.5, 0.6) is 0 Å². The van der Waals surface area contributed by atoms with Crippen LogP contribution in [0.1, 0.15) is 70.0 Å². The topological polar surface area (TPSA) is 147 Å². The lowest BCUT2D eigenvalue weighted by molar-refractivity contribution is -0.164. The predicted octanol–water partition coefficient (Wildman–Crippen LogP) is 4.43. The fourth-order valence-corrected chi connectivity index (χ4v) is 8.54. The van der Waals surface area contributed by atoms with Crippen molar-refractivity contribution in [3.05, 3.63) is 85.5 Å². The first-order valence-electron chi connectivity index (χ1n) is 19.1. The zero-order valence-electron chi connectivity index (χ0n) is 31.3. The van der Waals surface area contributed by atoms with E-state index in [1.54, 1.807) is 38.6 Å². The molecule has 3 amide bonds. The Hall–Kier alpha value is -4.88. The molecule has 0 radical (unpaired) electrons. The van der Waals surface area contributed by atoms with Gasteiger partial charge in [-0.25, -0.2) is 4.68 Å². The number of unbranched alkanes of at least 4 members (excludes halogenated alkanes) is 3. The molecule has 3 aliphatic heterocycles. The van der Waals surface area contributed by atoms with E-state index in [4.69, 9.17) is 9.47 Å². The number of aliphatic hydroxyl groups excluding tert-OH is 1. The van der Waals surface area contributed by atoms with Crippen LogP contribution < -0.4 is 0 Å². The number of hydrogen-bond acceptors (Lipinski definition) is 9. The molecule has 288 valence electrons. The predicted molar refractivity (Wildman–Crippen MR) is 201 cm³/mol. The molecule has 3 fully saturated rings. The molecule has 1 spiro atoms. The number of aliphatic hydroxyl groups is 1. The van der Waals surface area contributed by atoms with Gasteiger partial charge in [0.15, 0.2) is 0 Å². The summed E-state index contributed by atoms with van der Waals surface area (Å²) in [5.41, 5.74) is 0.937. The van der Waals surface area contributed by atoms with Gasteiger partial charge in [-0.15, -0.1) is 18.3 Å². The molecule has 54 heavy (non-hydrogen) atoms. The molecule has 2 bridgehead atoms. The average molecular weight is 741 g/mol. The zero-order valence-corrected chi connectivity index (χ0v) is 31.3. The molecule has 1 aromatic heterocycles. The van der Waals surface area contributed by atoms with E-state index in [2.05, 4.69) is 23.5 Å². The van der Waals surface area contributed by atoms with E-state index in [0.717, 1.165) is 23.9 Å². The number of hydrogen-bond donors (Lipinski definition) is 1. The number of amides is 3. The molecule has 4 heterocycles. The van der Waals surface area contributed by atoms with Gasteiger partial charge in [0, 0.05) is 33.2 Å². The number of likely N-dealkylation sites (N-methyl/N-ethyl adjacent to an activating group) is 1. The zero-order chi connectivity index (χ0) is 38.4. The maximum Gasteiger partial charge on any atom is 0.313 e. The number of ether oxygens (including phenoxy) is 2. The minimum Gasteiger partial charge on any atom is -0.455 e. The molecule has 13 nitrogen and oxygen atoms in total. The second-order valence-electron chi connectivity index (χ2n) is 14.6. The summed E-state index contributed by atoms with van der Waals surface area (Å²) in [5, 5.41) is 17.9. The first kappa shape index (κ1) is 38.8. The van der Waals surface area contributed by atoms with Crippen LogP contribution in [0, 0.1) is 11.8 Å². The molecular formula is C41H52N6O7. The average Bonchev–Trinajstić information content (AvgIpc) is 3.94. The highest BCUT2D eigenvalue weighted by molar-refractivity contribution is 5.98. The number of carbonyl (C=O) groups is 4. The quantitative estimate of drug-likeness (QED) is 0.107. The lowest BCUT2D eigenvalue weighted by Gasteiger charge is -2.37. The number of likely N-dealkylation sites (tertiary alicyclic amines) is 1. The molecule has 3 aliphatic rings. The van der Waals surface area contributed by atoms with E-state index in [1.807, 2.05) is 61.5 Å². The fourth-order valence-electron chi connectivity index (χ4n) is 8.54. The molecule has 3 saturated heterocycles. The van der Waals surface area contributed by atoms with E-state index in [1.165, 1.54) is 0 Å². The fraction of sp³-hybridized carbons (Fsp3) is 0.512. The highest BCUT2D eigenvalue weighted by atomic mass is 16.6. The van der Waals surface area contributed by atoms with Gasteiger partial charge in [-0.1, -0.05) is 72.7 Å². The van der Waals surface area contributed by atoms with Gasteiger partial charge in [-0.05, 0) is 56.7 Å². The van der Waals surface area contributed by atoms with Gasteiger partial charge in [0.25, 0.3) is 0 Å². The third-order valence-corrected chi connectivity index (χ3v) is 11.4. The SMILES string of the molecule is C=CCCC(=O)N(C)[C@@H](C)[C@@H](OC(=O)[C@@H]1[C@H]2C(=O)N(CCCCCCO)[C@H](C(=O)N(CC=C)Cn3nnc4ccccc43)[C@]23CC[C@H]1O3)c1ccccc1. The summed E-state index contributed by atoms with van der Waals surface area (Å²) in [4.78, 5) is 62.0. The van der Waals surface area contributed by atoms with E-state index in [0.29, 0.717) is 44.2 Å². The molecule has 0 aliphatic carbocycles. The van der Waals surface area contributed by atoms with Gasteiger partial charge in [0.2, 0.25) is 17.7 Å². The number of esters is 1. The summed E-state index contributed by atoms with van der Waals surface area (Å²) >= 11 is 0. The first-order chi connectivity index (χ1) is 26.2. The molecule has 0 unspecified atom stereocenters. The Bertz CT molecular complexity index is 1830. The highest BCUT2D eigenvalue weighted by Gasteiger charge is 2.75. The summed E-state index contributed by atoms with van der Waals surface area (Å²) in [5.74, 6) is -3.16. The Morgan fingerprint density at radius 2 is 1.81 bits per heavy atom. The van der Waals surface area contributed by atoms with E-state index < -0.39 is 47.7 Å². The van der Waals surface area contributed by atoms with Gasteiger partial charge >= 0.3 is 5.97 Å². The Morgan fingerprint density at radius 3 is 2.56 bits per heavy atom. The van der Waals surface area contributed by atoms with Crippen molar-refractivity contribution in [1.29, 1.82) is 0 Å². The molecule has 2 aromatic carbocycles. The smallest absolute Gasteiger partial charge is 0.313 e. The van der Waals surface area contributed by atoms with Crippen molar-refractivity contribution in [1.82, 2.24) is 29.7 Å². The minimum absolute atomic E-state index is 0.0751. The molecule has 13 heteroatoms. The number of fused-ring (bicyclic) bond motifs is 2. The number of aromatic nitrogens is 3. The number of nitrogens with zero attached hydrogens (tertiary/aromatic N) is 6. The largest absolute Gasteiger partial charge is 0.455 e. The van der Waals surface area contributed by atoms with E-state index in [9.17, 15) is 24.3 Å². The van der Waals surface area contributed by atoms with Crippen LogP contribution in [0.25, 0.3) is 11.0 Å². The van der Waals surface area contributed by atoms with Crippen molar-refractivity contribution in [2.24, 2.45) is 11.8 Å². The number of carbonyl (C=O) groups excluding carboxylic acids is 4. The van der Waals surface area contributed by atoms with Gasteiger partial charge in [-0.2, -0.15) is 0 Å². The summed E-state index contributed by atoms with van der Waals surface area (Å²) in [6.45, 7) is 10.1. The van der Waals surface area contributed by atoms with Gasteiger partial charge in [0.05, 0.1) is 29.5 Å². The normalized spacial score (nSPS) is 23.9. The first-order valence-corrected chi connectivity index (χ1v) is 19.1. The number of rotatable bonds is 19. The molecule has 3 aromatic rings. The van der Waals surface area contributed by atoms with Crippen LogP contribution in [0.3, 0.4) is 0 Å². The molecule has 7 atom stereocenters. The van der Waals surface area contributed by atoms with Gasteiger partial charge < -0.3 is 29.3 Å². The second-order valence-corrected chi connectivity index (χ2v) is 14.6. The Morgan fingerprint density at radius 1 is 1.07 bits per heavy atom. The summed E-state index contributed by atoms with van der Waals surface area (Å²) in [7, 11) is 1.70. The third kappa shape index (κ3) is 7.43. The molecular weight excluding hydrogens is 688 g/mol. The number of benzene rings is 2. The van der Waals surface area contributed by atoms with Crippen LogP contribution in [0.2, 0.25) is 0 Å². The third-order valence-electron chi connectivity index (χ3n) is 11.4. The van der Waals surface area contributed by atoms with Crippen molar-refractivity contribution in [3.63, 3.8) is 0 Å².